The van der Waals surface area contributed by atoms with E-state index in [1.54, 1.807) is 20.8 Å². The van der Waals surface area contributed by atoms with Crippen LogP contribution < -0.4 is 0 Å². The average molecular weight is 396 g/mol. The standard InChI is InChI=1S/C19H19ClFNO5/c1-5-26-19(25)15-9(2)16(22-10(15)3)17(23)11(4)27-18(24)13-7-6-12(21)8-14(13)20/h6-8,11,22H,5H2,1-4H3. The van der Waals surface area contributed by atoms with Crippen molar-refractivity contribution in [3.8, 4) is 0 Å². The lowest BCUT2D eigenvalue weighted by molar-refractivity contribution is 0.0316. The fourth-order valence-electron chi connectivity index (χ4n) is 2.64. The molecule has 1 unspecified atom stereocenters. The minimum Gasteiger partial charge on any atom is -0.462 e. The first kappa shape index (κ1) is 20.6. The maximum Gasteiger partial charge on any atom is 0.340 e. The van der Waals surface area contributed by atoms with Gasteiger partial charge in [-0.25, -0.2) is 14.0 Å². The van der Waals surface area contributed by atoms with E-state index in [2.05, 4.69) is 4.98 Å². The largest absolute Gasteiger partial charge is 0.462 e. The topological polar surface area (TPSA) is 85.5 Å². The van der Waals surface area contributed by atoms with E-state index in [1.807, 2.05) is 0 Å². The lowest BCUT2D eigenvalue weighted by atomic mass is 10.1. The summed E-state index contributed by atoms with van der Waals surface area (Å²) in [5, 5.41) is -0.115. The SMILES string of the molecule is CCOC(=O)c1c(C)[nH]c(C(=O)C(C)OC(=O)c2ccc(F)cc2Cl)c1C. The number of rotatable bonds is 6. The fraction of sp³-hybridized carbons (Fsp3) is 0.316. The van der Waals surface area contributed by atoms with Gasteiger partial charge in [0.05, 0.1) is 28.5 Å². The van der Waals surface area contributed by atoms with Crippen LogP contribution in [0.15, 0.2) is 18.2 Å². The van der Waals surface area contributed by atoms with Crippen molar-refractivity contribution in [1.82, 2.24) is 4.98 Å². The van der Waals surface area contributed by atoms with Gasteiger partial charge in [-0.1, -0.05) is 11.6 Å². The second kappa shape index (κ2) is 8.35. The molecule has 1 aromatic heterocycles. The summed E-state index contributed by atoms with van der Waals surface area (Å²) in [5.41, 5.74) is 1.28. The van der Waals surface area contributed by atoms with Crippen LogP contribution in [0, 0.1) is 19.7 Å². The number of Topliss-reactive ketones (excluding diaryl/α,β-unsaturated/α-hetero) is 1. The van der Waals surface area contributed by atoms with Gasteiger partial charge in [0.25, 0.3) is 0 Å². The lowest BCUT2D eigenvalue weighted by Gasteiger charge is -2.13. The second-order valence-corrected chi connectivity index (χ2v) is 6.29. The van der Waals surface area contributed by atoms with E-state index in [1.165, 1.54) is 13.0 Å². The van der Waals surface area contributed by atoms with E-state index in [-0.39, 0.29) is 28.5 Å². The molecule has 2 aromatic rings. The molecular formula is C19H19ClFNO5. The third-order valence-electron chi connectivity index (χ3n) is 3.97. The Morgan fingerprint density at radius 2 is 1.89 bits per heavy atom. The van der Waals surface area contributed by atoms with Crippen molar-refractivity contribution in [2.45, 2.75) is 33.8 Å². The Bertz CT molecular complexity index is 906. The number of esters is 2. The molecule has 1 heterocycles. The van der Waals surface area contributed by atoms with Crippen molar-refractivity contribution in [2.75, 3.05) is 6.61 Å². The van der Waals surface area contributed by atoms with E-state index < -0.39 is 29.6 Å². The first-order valence-corrected chi connectivity index (χ1v) is 8.61. The zero-order chi connectivity index (χ0) is 20.3. The highest BCUT2D eigenvalue weighted by molar-refractivity contribution is 6.33. The number of benzene rings is 1. The predicted molar refractivity (Wildman–Crippen MR) is 96.8 cm³/mol. The third-order valence-corrected chi connectivity index (χ3v) is 4.28. The Morgan fingerprint density at radius 3 is 2.48 bits per heavy atom. The zero-order valence-corrected chi connectivity index (χ0v) is 16.1. The molecule has 2 rings (SSSR count). The molecule has 0 aliphatic heterocycles. The fourth-order valence-corrected chi connectivity index (χ4v) is 2.89. The van der Waals surface area contributed by atoms with Crippen molar-refractivity contribution in [1.29, 1.82) is 0 Å². The Kier molecular flexibility index (Phi) is 6.38. The molecule has 0 amide bonds. The second-order valence-electron chi connectivity index (χ2n) is 5.88. The molecule has 144 valence electrons. The van der Waals surface area contributed by atoms with Crippen LogP contribution in [-0.4, -0.2) is 35.4 Å². The van der Waals surface area contributed by atoms with Crippen LogP contribution in [0.25, 0.3) is 0 Å². The van der Waals surface area contributed by atoms with Crippen LogP contribution in [0.3, 0.4) is 0 Å². The maximum absolute atomic E-state index is 13.1. The summed E-state index contributed by atoms with van der Waals surface area (Å²) >= 11 is 5.83. The molecule has 0 saturated heterocycles. The molecule has 6 nitrogen and oxygen atoms in total. The first-order chi connectivity index (χ1) is 12.7. The summed E-state index contributed by atoms with van der Waals surface area (Å²) in [7, 11) is 0. The van der Waals surface area contributed by atoms with Gasteiger partial charge < -0.3 is 14.5 Å². The molecule has 0 saturated carbocycles. The molecule has 0 aliphatic rings. The van der Waals surface area contributed by atoms with Gasteiger partial charge in [-0.2, -0.15) is 0 Å². The van der Waals surface area contributed by atoms with Crippen molar-refractivity contribution in [3.05, 3.63) is 57.1 Å². The number of aromatic amines is 1. The van der Waals surface area contributed by atoms with E-state index in [9.17, 15) is 18.8 Å². The quantitative estimate of drug-likeness (QED) is 0.589. The van der Waals surface area contributed by atoms with Gasteiger partial charge in [0.15, 0.2) is 6.10 Å². The minimum atomic E-state index is -1.15. The monoisotopic (exact) mass is 395 g/mol. The van der Waals surface area contributed by atoms with E-state index in [0.717, 1.165) is 12.1 Å². The third kappa shape index (κ3) is 4.36. The van der Waals surface area contributed by atoms with Gasteiger partial charge in [-0.3, -0.25) is 4.79 Å². The number of ketones is 1. The molecule has 8 heteroatoms. The van der Waals surface area contributed by atoms with Gasteiger partial charge >= 0.3 is 11.9 Å². The minimum absolute atomic E-state index is 0.0516. The molecule has 0 bridgehead atoms. The number of hydrogen-bond acceptors (Lipinski definition) is 5. The van der Waals surface area contributed by atoms with Crippen LogP contribution in [0.2, 0.25) is 5.02 Å². The molecule has 1 atom stereocenters. The molecular weight excluding hydrogens is 377 g/mol. The zero-order valence-electron chi connectivity index (χ0n) is 15.3. The van der Waals surface area contributed by atoms with Gasteiger partial charge in [-0.15, -0.1) is 0 Å². The van der Waals surface area contributed by atoms with Crippen LogP contribution >= 0.6 is 11.6 Å². The van der Waals surface area contributed by atoms with Gasteiger partial charge in [-0.05, 0) is 51.5 Å². The summed E-state index contributed by atoms with van der Waals surface area (Å²) in [6, 6.07) is 3.23. The van der Waals surface area contributed by atoms with Crippen molar-refractivity contribution in [2.24, 2.45) is 0 Å². The Labute approximate surface area is 160 Å². The Morgan fingerprint density at radius 1 is 1.22 bits per heavy atom. The van der Waals surface area contributed by atoms with Gasteiger partial charge in [0.2, 0.25) is 5.78 Å². The first-order valence-electron chi connectivity index (χ1n) is 8.23. The molecule has 0 fully saturated rings. The highest BCUT2D eigenvalue weighted by Gasteiger charge is 2.28. The number of aromatic nitrogens is 1. The van der Waals surface area contributed by atoms with E-state index in [0.29, 0.717) is 11.3 Å². The molecule has 27 heavy (non-hydrogen) atoms. The number of carbonyl (C=O) groups is 3. The highest BCUT2D eigenvalue weighted by Crippen LogP contribution is 2.22. The molecule has 0 aliphatic carbocycles. The van der Waals surface area contributed by atoms with Crippen molar-refractivity contribution < 1.29 is 28.2 Å². The number of halogens is 2. The Hall–Kier alpha value is -2.67. The number of hydrogen-bond donors (Lipinski definition) is 1. The van der Waals surface area contributed by atoms with Crippen molar-refractivity contribution >= 4 is 29.3 Å². The summed E-state index contributed by atoms with van der Waals surface area (Å²) < 4.78 is 23.2. The number of ether oxygens (including phenoxy) is 2. The molecule has 1 aromatic carbocycles. The Balaban J connectivity index is 2.21. The van der Waals surface area contributed by atoms with Crippen LogP contribution in [0.1, 0.15) is 56.3 Å². The number of H-pyrrole nitrogens is 1. The normalized spacial score (nSPS) is 11.8. The van der Waals surface area contributed by atoms with Gasteiger partial charge in [0, 0.05) is 5.69 Å². The van der Waals surface area contributed by atoms with Crippen LogP contribution in [-0.2, 0) is 9.47 Å². The number of aryl methyl sites for hydroxylation is 1. The summed E-state index contributed by atoms with van der Waals surface area (Å²) in [4.78, 5) is 39.8. The smallest absolute Gasteiger partial charge is 0.340 e. The summed E-state index contributed by atoms with van der Waals surface area (Å²) in [6.45, 7) is 6.54. The van der Waals surface area contributed by atoms with E-state index >= 15 is 0 Å². The van der Waals surface area contributed by atoms with Crippen molar-refractivity contribution in [3.63, 3.8) is 0 Å². The van der Waals surface area contributed by atoms with Gasteiger partial charge in [0.1, 0.15) is 5.82 Å². The average Bonchev–Trinajstić information content (AvgIpc) is 2.88. The molecule has 0 radical (unpaired) electrons. The van der Waals surface area contributed by atoms with Crippen LogP contribution in [0.5, 0.6) is 0 Å². The predicted octanol–water partition coefficient (Wildman–Crippen LogP) is 4.03. The lowest BCUT2D eigenvalue weighted by Crippen LogP contribution is -2.25. The maximum atomic E-state index is 13.1. The summed E-state index contributed by atoms with van der Waals surface area (Å²) in [6.07, 6.45) is -1.15. The number of carbonyl (C=O) groups excluding carboxylic acids is 3. The molecule has 0 spiro atoms. The van der Waals surface area contributed by atoms with Crippen LogP contribution in [0.4, 0.5) is 4.39 Å². The number of nitrogens with one attached hydrogen (secondary N) is 1. The molecule has 1 N–H and O–H groups in total. The summed E-state index contributed by atoms with van der Waals surface area (Å²) in [5.74, 6) is -2.50. The van der Waals surface area contributed by atoms with E-state index in [4.69, 9.17) is 21.1 Å². The highest BCUT2D eigenvalue weighted by atomic mass is 35.5.